The van der Waals surface area contributed by atoms with Crippen LogP contribution in [0, 0.1) is 5.82 Å². The van der Waals surface area contributed by atoms with E-state index >= 15 is 0 Å². The molecule has 0 atom stereocenters. The molecule has 3 aromatic rings. The Morgan fingerprint density at radius 2 is 1.93 bits per heavy atom. The Kier molecular flexibility index (Phi) is 4.82. The second-order valence-electron chi connectivity index (χ2n) is 5.96. The Bertz CT molecular complexity index is 1130. The molecular formula is C19H14ClFN2O4S. The molecule has 0 radical (unpaired) electrons. The van der Waals surface area contributed by atoms with Crippen molar-refractivity contribution < 1.29 is 22.3 Å². The van der Waals surface area contributed by atoms with Gasteiger partial charge < -0.3 is 9.47 Å². The molecular weight excluding hydrogens is 407 g/mol. The number of rotatable bonds is 5. The number of fused-ring (bicyclic) bond motifs is 1. The fourth-order valence-electron chi connectivity index (χ4n) is 2.81. The van der Waals surface area contributed by atoms with E-state index in [9.17, 15) is 12.8 Å². The van der Waals surface area contributed by atoms with Gasteiger partial charge in [-0.3, -0.25) is 9.29 Å². The molecule has 0 unspecified atom stereocenters. The van der Waals surface area contributed by atoms with Crippen LogP contribution in [-0.2, 0) is 16.6 Å². The van der Waals surface area contributed by atoms with Crippen molar-refractivity contribution in [2.45, 2.75) is 11.4 Å². The van der Waals surface area contributed by atoms with Crippen molar-refractivity contribution in [3.63, 3.8) is 0 Å². The van der Waals surface area contributed by atoms with E-state index in [0.717, 1.165) is 4.31 Å². The van der Waals surface area contributed by atoms with Crippen LogP contribution in [0.25, 0.3) is 0 Å². The van der Waals surface area contributed by atoms with E-state index < -0.39 is 20.7 Å². The van der Waals surface area contributed by atoms with Gasteiger partial charge in [-0.1, -0.05) is 23.7 Å². The summed E-state index contributed by atoms with van der Waals surface area (Å²) in [5.41, 5.74) is 0.929. The molecule has 1 aromatic heterocycles. The molecule has 0 saturated heterocycles. The van der Waals surface area contributed by atoms with E-state index in [1.54, 1.807) is 42.7 Å². The minimum Gasteiger partial charge on any atom is -0.454 e. The average Bonchev–Trinajstić information content (AvgIpc) is 3.16. The Morgan fingerprint density at radius 3 is 2.71 bits per heavy atom. The third-order valence-corrected chi connectivity index (χ3v) is 6.26. The molecule has 1 aliphatic heterocycles. The van der Waals surface area contributed by atoms with Gasteiger partial charge >= 0.3 is 0 Å². The molecule has 4 rings (SSSR count). The second-order valence-corrected chi connectivity index (χ2v) is 8.20. The number of pyridine rings is 1. The second kappa shape index (κ2) is 7.29. The van der Waals surface area contributed by atoms with E-state index in [-0.39, 0.29) is 18.4 Å². The zero-order valence-electron chi connectivity index (χ0n) is 14.4. The van der Waals surface area contributed by atoms with E-state index in [4.69, 9.17) is 21.1 Å². The number of sulfonamides is 1. The number of hydrogen-bond acceptors (Lipinski definition) is 5. The highest BCUT2D eigenvalue weighted by Crippen LogP contribution is 2.38. The fourth-order valence-corrected chi connectivity index (χ4v) is 4.58. The molecule has 0 saturated carbocycles. The van der Waals surface area contributed by atoms with Crippen LogP contribution in [0.15, 0.2) is 65.8 Å². The summed E-state index contributed by atoms with van der Waals surface area (Å²) in [5, 5.41) is -0.270. The third-order valence-electron chi connectivity index (χ3n) is 4.18. The van der Waals surface area contributed by atoms with Crippen LogP contribution in [0.5, 0.6) is 11.5 Å². The molecule has 0 fully saturated rings. The summed E-state index contributed by atoms with van der Waals surface area (Å²) >= 11 is 5.80. The van der Waals surface area contributed by atoms with Gasteiger partial charge in [-0.2, -0.15) is 0 Å². The summed E-state index contributed by atoms with van der Waals surface area (Å²) in [6, 6.07) is 12.0. The van der Waals surface area contributed by atoms with Crippen molar-refractivity contribution in [3.05, 3.63) is 77.3 Å². The van der Waals surface area contributed by atoms with Crippen LogP contribution < -0.4 is 13.8 Å². The molecule has 0 aliphatic carbocycles. The molecule has 28 heavy (non-hydrogen) atoms. The van der Waals surface area contributed by atoms with Crippen LogP contribution in [-0.4, -0.2) is 20.2 Å². The molecule has 1 aliphatic rings. The SMILES string of the molecule is O=S(=O)(c1cccc(Cl)c1F)N(Cc1cccnc1)c1ccc2c(c1)OCO2. The molecule has 2 aromatic carbocycles. The molecule has 0 N–H and O–H groups in total. The Balaban J connectivity index is 1.84. The highest BCUT2D eigenvalue weighted by Gasteiger charge is 2.30. The molecule has 144 valence electrons. The summed E-state index contributed by atoms with van der Waals surface area (Å²) in [6.07, 6.45) is 3.13. The van der Waals surface area contributed by atoms with Gasteiger partial charge in [0.2, 0.25) is 6.79 Å². The number of ether oxygens (including phenoxy) is 2. The maximum Gasteiger partial charge on any atom is 0.267 e. The molecule has 9 heteroatoms. The zero-order valence-corrected chi connectivity index (χ0v) is 16.0. The lowest BCUT2D eigenvalue weighted by atomic mass is 10.2. The highest BCUT2D eigenvalue weighted by molar-refractivity contribution is 7.92. The standard InChI is InChI=1S/C19H14ClFN2O4S/c20-15-4-1-5-18(19(15)21)28(24,25)23(11-13-3-2-8-22-10-13)14-6-7-16-17(9-14)27-12-26-16/h1-10H,11-12H2. The van der Waals surface area contributed by atoms with Crippen LogP contribution in [0.4, 0.5) is 10.1 Å². The number of halogens is 2. The smallest absolute Gasteiger partial charge is 0.267 e. The van der Waals surface area contributed by atoms with Crippen LogP contribution in [0.2, 0.25) is 5.02 Å². The van der Waals surface area contributed by atoms with Crippen molar-refractivity contribution in [1.29, 1.82) is 0 Å². The summed E-state index contributed by atoms with van der Waals surface area (Å²) in [4.78, 5) is 3.50. The van der Waals surface area contributed by atoms with Crippen molar-refractivity contribution in [1.82, 2.24) is 4.98 Å². The first-order valence-electron chi connectivity index (χ1n) is 8.22. The van der Waals surface area contributed by atoms with E-state index in [1.165, 1.54) is 18.2 Å². The van der Waals surface area contributed by atoms with Crippen LogP contribution >= 0.6 is 11.6 Å². The highest BCUT2D eigenvalue weighted by atomic mass is 35.5. The topological polar surface area (TPSA) is 68.7 Å². The van der Waals surface area contributed by atoms with Crippen molar-refractivity contribution >= 4 is 27.3 Å². The lowest BCUT2D eigenvalue weighted by Gasteiger charge is -2.25. The Morgan fingerprint density at radius 1 is 1.11 bits per heavy atom. The largest absolute Gasteiger partial charge is 0.454 e. The van der Waals surface area contributed by atoms with Gasteiger partial charge in [-0.15, -0.1) is 0 Å². The van der Waals surface area contributed by atoms with Crippen molar-refractivity contribution in [2.24, 2.45) is 0 Å². The van der Waals surface area contributed by atoms with Gasteiger partial charge in [0.05, 0.1) is 17.3 Å². The predicted octanol–water partition coefficient (Wildman–Crippen LogP) is 4.00. The molecule has 0 amide bonds. The predicted molar refractivity (Wildman–Crippen MR) is 102 cm³/mol. The molecule has 6 nitrogen and oxygen atoms in total. The third kappa shape index (κ3) is 3.36. The van der Waals surface area contributed by atoms with Crippen LogP contribution in [0.1, 0.15) is 5.56 Å². The number of nitrogens with zero attached hydrogens (tertiary/aromatic N) is 2. The maximum absolute atomic E-state index is 14.5. The number of benzene rings is 2. The first kappa shape index (κ1) is 18.5. The fraction of sp³-hybridized carbons (Fsp3) is 0.105. The minimum absolute atomic E-state index is 0.0526. The average molecular weight is 421 g/mol. The molecule has 2 heterocycles. The van der Waals surface area contributed by atoms with Gasteiger partial charge in [0.15, 0.2) is 17.3 Å². The first-order valence-corrected chi connectivity index (χ1v) is 10.0. The van der Waals surface area contributed by atoms with Gasteiger partial charge in [-0.05, 0) is 35.9 Å². The van der Waals surface area contributed by atoms with Gasteiger partial charge in [-0.25, -0.2) is 12.8 Å². The van der Waals surface area contributed by atoms with Crippen LogP contribution in [0.3, 0.4) is 0 Å². The minimum atomic E-state index is -4.27. The summed E-state index contributed by atoms with van der Waals surface area (Å²) in [7, 11) is -4.27. The summed E-state index contributed by atoms with van der Waals surface area (Å²) in [6.45, 7) is -0.00116. The summed E-state index contributed by atoms with van der Waals surface area (Å²) in [5.74, 6) is -0.0760. The van der Waals surface area contributed by atoms with E-state index in [2.05, 4.69) is 4.98 Å². The van der Waals surface area contributed by atoms with Crippen molar-refractivity contribution in [3.8, 4) is 11.5 Å². The number of anilines is 1. The number of hydrogen-bond donors (Lipinski definition) is 0. The lowest BCUT2D eigenvalue weighted by molar-refractivity contribution is 0.174. The zero-order chi connectivity index (χ0) is 19.7. The summed E-state index contributed by atoms with van der Waals surface area (Å²) < 4.78 is 52.9. The maximum atomic E-state index is 14.5. The first-order chi connectivity index (χ1) is 13.5. The monoisotopic (exact) mass is 420 g/mol. The molecule has 0 spiro atoms. The van der Waals surface area contributed by atoms with Crippen molar-refractivity contribution in [2.75, 3.05) is 11.1 Å². The van der Waals surface area contributed by atoms with Gasteiger partial charge in [0, 0.05) is 18.5 Å². The van der Waals surface area contributed by atoms with E-state index in [1.807, 2.05) is 0 Å². The lowest BCUT2D eigenvalue weighted by Crippen LogP contribution is -2.31. The van der Waals surface area contributed by atoms with Gasteiger partial charge in [0.1, 0.15) is 4.90 Å². The Labute approximate surface area is 166 Å². The quantitative estimate of drug-likeness (QED) is 0.624. The van der Waals surface area contributed by atoms with Gasteiger partial charge in [0.25, 0.3) is 10.0 Å². The molecule has 0 bridgehead atoms. The van der Waals surface area contributed by atoms with E-state index in [0.29, 0.717) is 22.7 Å². The number of aromatic nitrogens is 1. The normalized spacial score (nSPS) is 12.8. The Hall–Kier alpha value is -2.84.